The lowest BCUT2D eigenvalue weighted by atomic mass is 10.2. The van der Waals surface area contributed by atoms with Crippen LogP contribution >= 0.6 is 11.6 Å². The lowest BCUT2D eigenvalue weighted by Crippen LogP contribution is -2.14. The number of nitrogens with zero attached hydrogens (tertiary/aromatic N) is 2. The average molecular weight is 294 g/mol. The molecule has 1 heterocycles. The van der Waals surface area contributed by atoms with E-state index in [9.17, 15) is 8.42 Å². The van der Waals surface area contributed by atoms with Gasteiger partial charge in [-0.05, 0) is 18.2 Å². The van der Waals surface area contributed by atoms with Gasteiger partial charge in [0.25, 0.3) is 10.0 Å². The predicted molar refractivity (Wildman–Crippen MR) is 71.2 cm³/mol. The Labute approximate surface area is 115 Å². The molecule has 0 radical (unpaired) electrons. The fourth-order valence-electron chi connectivity index (χ4n) is 1.45. The normalized spacial score (nSPS) is 10.7. The molecule has 0 unspecified atom stereocenters. The number of nitriles is 1. The van der Waals surface area contributed by atoms with E-state index in [0.717, 1.165) is 0 Å². The third-order valence-electron chi connectivity index (χ3n) is 2.31. The number of nitrogens with one attached hydrogen (secondary N) is 1. The van der Waals surface area contributed by atoms with Crippen molar-refractivity contribution in [3.8, 4) is 6.07 Å². The van der Waals surface area contributed by atoms with Gasteiger partial charge in [0.2, 0.25) is 0 Å². The number of hydrogen-bond donors (Lipinski definition) is 1. The number of hydrogen-bond acceptors (Lipinski definition) is 4. The van der Waals surface area contributed by atoms with Crippen LogP contribution in [0, 0.1) is 11.3 Å². The standard InChI is InChI=1S/C12H8ClN3O2S/c13-10-5-6-15-8-11(10)16-19(17,18)12-4-2-1-3-9(12)7-14/h1-6,8,16H. The summed E-state index contributed by atoms with van der Waals surface area (Å²) in [4.78, 5) is 3.69. The highest BCUT2D eigenvalue weighted by atomic mass is 35.5. The molecule has 1 aromatic carbocycles. The van der Waals surface area contributed by atoms with Gasteiger partial charge in [0, 0.05) is 6.20 Å². The van der Waals surface area contributed by atoms with E-state index in [4.69, 9.17) is 16.9 Å². The highest BCUT2D eigenvalue weighted by Crippen LogP contribution is 2.24. The maximum Gasteiger partial charge on any atom is 0.263 e. The van der Waals surface area contributed by atoms with Gasteiger partial charge < -0.3 is 0 Å². The topological polar surface area (TPSA) is 82.8 Å². The highest BCUT2D eigenvalue weighted by Gasteiger charge is 2.19. The van der Waals surface area contributed by atoms with Crippen molar-refractivity contribution in [2.75, 3.05) is 4.72 Å². The predicted octanol–water partition coefficient (Wildman–Crippen LogP) is 2.41. The largest absolute Gasteiger partial charge is 0.277 e. The first-order valence-electron chi connectivity index (χ1n) is 5.16. The molecular weight excluding hydrogens is 286 g/mol. The lowest BCUT2D eigenvalue weighted by molar-refractivity contribution is 0.601. The van der Waals surface area contributed by atoms with Crippen LogP contribution in [-0.2, 0) is 10.0 Å². The zero-order valence-electron chi connectivity index (χ0n) is 9.54. The molecular formula is C12H8ClN3O2S. The molecule has 0 amide bonds. The number of aromatic nitrogens is 1. The molecule has 7 heteroatoms. The number of rotatable bonds is 3. The van der Waals surface area contributed by atoms with E-state index in [1.165, 1.54) is 30.6 Å². The van der Waals surface area contributed by atoms with Gasteiger partial charge in [-0.2, -0.15) is 5.26 Å². The fraction of sp³-hybridized carbons (Fsp3) is 0. The Morgan fingerprint density at radius 3 is 2.68 bits per heavy atom. The zero-order valence-corrected chi connectivity index (χ0v) is 11.1. The van der Waals surface area contributed by atoms with Gasteiger partial charge in [0.1, 0.15) is 11.0 Å². The number of halogens is 1. The Kier molecular flexibility index (Phi) is 3.69. The van der Waals surface area contributed by atoms with Crippen molar-refractivity contribution >= 4 is 27.3 Å². The molecule has 0 aliphatic carbocycles. The van der Waals surface area contributed by atoms with Crippen LogP contribution in [0.1, 0.15) is 5.56 Å². The molecule has 0 fully saturated rings. The van der Waals surface area contributed by atoms with Crippen molar-refractivity contribution in [3.05, 3.63) is 53.3 Å². The molecule has 19 heavy (non-hydrogen) atoms. The van der Waals surface area contributed by atoms with Gasteiger partial charge in [-0.15, -0.1) is 0 Å². The van der Waals surface area contributed by atoms with Crippen LogP contribution in [0.15, 0.2) is 47.6 Å². The molecule has 96 valence electrons. The number of pyridine rings is 1. The SMILES string of the molecule is N#Cc1ccccc1S(=O)(=O)Nc1cnccc1Cl. The van der Waals surface area contributed by atoms with E-state index >= 15 is 0 Å². The fourth-order valence-corrected chi connectivity index (χ4v) is 2.88. The number of sulfonamides is 1. The lowest BCUT2D eigenvalue weighted by Gasteiger charge is -2.09. The van der Waals surface area contributed by atoms with E-state index in [1.807, 2.05) is 6.07 Å². The molecule has 0 atom stereocenters. The van der Waals surface area contributed by atoms with E-state index in [0.29, 0.717) is 0 Å². The molecule has 5 nitrogen and oxygen atoms in total. The first-order valence-corrected chi connectivity index (χ1v) is 7.02. The summed E-state index contributed by atoms with van der Waals surface area (Å²) in [5, 5.41) is 9.15. The van der Waals surface area contributed by atoms with Crippen LogP contribution in [0.2, 0.25) is 5.02 Å². The molecule has 2 rings (SSSR count). The van der Waals surface area contributed by atoms with Crippen LogP contribution in [0.3, 0.4) is 0 Å². The van der Waals surface area contributed by atoms with Crippen molar-refractivity contribution < 1.29 is 8.42 Å². The first kappa shape index (κ1) is 13.3. The van der Waals surface area contributed by atoms with E-state index in [-0.39, 0.29) is 21.2 Å². The Hall–Kier alpha value is -2.10. The molecule has 0 bridgehead atoms. The summed E-state index contributed by atoms with van der Waals surface area (Å²) < 4.78 is 26.7. The highest BCUT2D eigenvalue weighted by molar-refractivity contribution is 7.92. The summed E-state index contributed by atoms with van der Waals surface area (Å²) in [6.45, 7) is 0. The second kappa shape index (κ2) is 5.26. The zero-order chi connectivity index (χ0) is 13.9. The van der Waals surface area contributed by atoms with Crippen molar-refractivity contribution in [1.29, 1.82) is 5.26 Å². The summed E-state index contributed by atoms with van der Waals surface area (Å²) in [5.74, 6) is 0. The van der Waals surface area contributed by atoms with Gasteiger partial charge in [-0.3, -0.25) is 9.71 Å². The minimum Gasteiger partial charge on any atom is -0.277 e. The van der Waals surface area contributed by atoms with Crippen molar-refractivity contribution in [3.63, 3.8) is 0 Å². The van der Waals surface area contributed by atoms with Crippen molar-refractivity contribution in [2.45, 2.75) is 4.90 Å². The molecule has 0 saturated carbocycles. The van der Waals surface area contributed by atoms with E-state index < -0.39 is 10.0 Å². The Balaban J connectivity index is 2.45. The van der Waals surface area contributed by atoms with Crippen LogP contribution < -0.4 is 4.72 Å². The molecule has 1 N–H and O–H groups in total. The van der Waals surface area contributed by atoms with Gasteiger partial charge in [-0.25, -0.2) is 8.42 Å². The number of anilines is 1. The quantitative estimate of drug-likeness (QED) is 0.942. The molecule has 2 aromatic rings. The Morgan fingerprint density at radius 2 is 2.00 bits per heavy atom. The van der Waals surface area contributed by atoms with E-state index in [1.54, 1.807) is 12.1 Å². The summed E-state index contributed by atoms with van der Waals surface area (Å²) in [7, 11) is -3.88. The van der Waals surface area contributed by atoms with Gasteiger partial charge in [0.15, 0.2) is 0 Å². The van der Waals surface area contributed by atoms with Crippen LogP contribution in [-0.4, -0.2) is 13.4 Å². The van der Waals surface area contributed by atoms with Gasteiger partial charge >= 0.3 is 0 Å². The van der Waals surface area contributed by atoms with Crippen LogP contribution in [0.25, 0.3) is 0 Å². The van der Waals surface area contributed by atoms with Crippen molar-refractivity contribution in [2.24, 2.45) is 0 Å². The second-order valence-corrected chi connectivity index (χ2v) is 5.63. The number of benzene rings is 1. The maximum absolute atomic E-state index is 12.2. The minimum absolute atomic E-state index is 0.0648. The van der Waals surface area contributed by atoms with Gasteiger partial charge in [-0.1, -0.05) is 23.7 Å². The average Bonchev–Trinajstić information content (AvgIpc) is 2.41. The van der Waals surface area contributed by atoms with Crippen LogP contribution in [0.5, 0.6) is 0 Å². The summed E-state index contributed by atoms with van der Waals surface area (Å²) in [6, 6.07) is 9.22. The first-order chi connectivity index (χ1) is 9.04. The molecule has 0 aliphatic heterocycles. The van der Waals surface area contributed by atoms with E-state index in [2.05, 4.69) is 9.71 Å². The summed E-state index contributed by atoms with van der Waals surface area (Å²) in [5.41, 5.74) is 0.229. The second-order valence-electron chi connectivity index (χ2n) is 3.57. The molecule has 0 aliphatic rings. The molecule has 0 saturated heterocycles. The molecule has 1 aromatic heterocycles. The minimum atomic E-state index is -3.88. The van der Waals surface area contributed by atoms with Crippen LogP contribution in [0.4, 0.5) is 5.69 Å². The van der Waals surface area contributed by atoms with Gasteiger partial charge in [0.05, 0.1) is 22.5 Å². The smallest absolute Gasteiger partial charge is 0.263 e. The third-order valence-corrected chi connectivity index (χ3v) is 4.06. The maximum atomic E-state index is 12.2. The van der Waals surface area contributed by atoms with Crippen molar-refractivity contribution in [1.82, 2.24) is 4.98 Å². The Bertz CT molecular complexity index is 754. The monoisotopic (exact) mass is 293 g/mol. The summed E-state index contributed by atoms with van der Waals surface area (Å²) >= 11 is 5.86. The third kappa shape index (κ3) is 2.84. The summed E-state index contributed by atoms with van der Waals surface area (Å²) in [6.07, 6.45) is 2.75. The Morgan fingerprint density at radius 1 is 1.26 bits per heavy atom. The molecule has 0 spiro atoms.